The van der Waals surface area contributed by atoms with Crippen LogP contribution < -0.4 is 4.74 Å². The lowest BCUT2D eigenvalue weighted by molar-refractivity contribution is 0.0535. The van der Waals surface area contributed by atoms with Crippen LogP contribution in [0.3, 0.4) is 0 Å². The Morgan fingerprint density at radius 1 is 1.08 bits per heavy atom. The molecule has 0 spiro atoms. The van der Waals surface area contributed by atoms with Gasteiger partial charge in [0, 0.05) is 11.1 Å². The summed E-state index contributed by atoms with van der Waals surface area (Å²) in [6.45, 7) is 0.314. The summed E-state index contributed by atoms with van der Waals surface area (Å²) in [5.74, 6) is 1.89. The number of benzene rings is 2. The van der Waals surface area contributed by atoms with Crippen LogP contribution in [0.1, 0.15) is 21.7 Å². The quantitative estimate of drug-likeness (QED) is 0.525. The Bertz CT molecular complexity index is 954. The zero-order valence-corrected chi connectivity index (χ0v) is 13.6. The molecule has 5 nitrogen and oxygen atoms in total. The number of cyclic esters (lactones) is 1. The predicted octanol–water partition coefficient (Wildman–Crippen LogP) is 4.38. The van der Waals surface area contributed by atoms with Crippen molar-refractivity contribution in [1.82, 2.24) is 0 Å². The molecular formula is C20H15NO4. The van der Waals surface area contributed by atoms with E-state index in [0.717, 1.165) is 28.3 Å². The fraction of sp³-hybridized carbons (Fsp3) is 0.100. The van der Waals surface area contributed by atoms with Gasteiger partial charge in [0.25, 0.3) is 0 Å². The predicted molar refractivity (Wildman–Crippen MR) is 93.5 cm³/mol. The Balaban J connectivity index is 1.54. The van der Waals surface area contributed by atoms with Gasteiger partial charge in [-0.05, 0) is 48.5 Å². The number of aliphatic imine (C=N–C) groups is 1. The molecule has 3 aromatic rings. The molecule has 0 fully saturated rings. The SMILES string of the molecule is COc1ccc(N=Cc2ccc(-c3ccc4c(c3)COC4=O)o2)cc1. The summed E-state index contributed by atoms with van der Waals surface area (Å²) in [6, 6.07) is 16.7. The minimum absolute atomic E-state index is 0.270. The number of carbonyl (C=O) groups is 1. The summed E-state index contributed by atoms with van der Waals surface area (Å²) in [4.78, 5) is 15.9. The topological polar surface area (TPSA) is 61.0 Å². The molecule has 1 aromatic heterocycles. The van der Waals surface area contributed by atoms with Crippen LogP contribution in [0.15, 0.2) is 64.0 Å². The molecule has 0 aliphatic carbocycles. The van der Waals surface area contributed by atoms with Crippen LogP contribution in [0, 0.1) is 0 Å². The van der Waals surface area contributed by atoms with Crippen LogP contribution in [0.5, 0.6) is 5.75 Å². The maximum Gasteiger partial charge on any atom is 0.338 e. The number of furan rings is 1. The smallest absolute Gasteiger partial charge is 0.338 e. The van der Waals surface area contributed by atoms with Crippen molar-refractivity contribution in [3.05, 3.63) is 71.5 Å². The summed E-state index contributed by atoms with van der Waals surface area (Å²) >= 11 is 0. The molecule has 124 valence electrons. The number of carbonyl (C=O) groups excluding carboxylic acids is 1. The average Bonchev–Trinajstić information content (AvgIpc) is 3.27. The standard InChI is InChI=1S/C20H15NO4/c1-23-16-5-3-15(4-6-16)21-11-17-7-9-19(25-17)13-2-8-18-14(10-13)12-24-20(18)22/h2-11H,12H2,1H3. The van der Waals surface area contributed by atoms with Crippen molar-refractivity contribution in [3.8, 4) is 17.1 Å². The van der Waals surface area contributed by atoms with E-state index in [-0.39, 0.29) is 5.97 Å². The van der Waals surface area contributed by atoms with Crippen molar-refractivity contribution >= 4 is 17.9 Å². The first-order chi connectivity index (χ1) is 12.2. The minimum Gasteiger partial charge on any atom is -0.497 e. The third kappa shape index (κ3) is 3.04. The zero-order chi connectivity index (χ0) is 17.2. The molecule has 0 N–H and O–H groups in total. The highest BCUT2D eigenvalue weighted by Gasteiger charge is 2.21. The van der Waals surface area contributed by atoms with Gasteiger partial charge < -0.3 is 13.9 Å². The molecule has 5 heteroatoms. The van der Waals surface area contributed by atoms with Crippen molar-refractivity contribution in [2.24, 2.45) is 4.99 Å². The van der Waals surface area contributed by atoms with Gasteiger partial charge in [-0.2, -0.15) is 0 Å². The van der Waals surface area contributed by atoms with Crippen LogP contribution in [-0.4, -0.2) is 19.3 Å². The van der Waals surface area contributed by atoms with Crippen molar-refractivity contribution < 1.29 is 18.7 Å². The minimum atomic E-state index is -0.270. The largest absolute Gasteiger partial charge is 0.497 e. The Labute approximate surface area is 144 Å². The number of fused-ring (bicyclic) bond motifs is 1. The molecule has 0 bridgehead atoms. The second-order valence-electron chi connectivity index (χ2n) is 5.61. The highest BCUT2D eigenvalue weighted by Crippen LogP contribution is 2.28. The van der Waals surface area contributed by atoms with Gasteiger partial charge in [-0.3, -0.25) is 4.99 Å². The number of methoxy groups -OCH3 is 1. The number of esters is 1. The molecule has 1 aliphatic heterocycles. The normalized spacial score (nSPS) is 13.1. The highest BCUT2D eigenvalue weighted by molar-refractivity contribution is 5.94. The molecule has 0 radical (unpaired) electrons. The summed E-state index contributed by atoms with van der Waals surface area (Å²) in [6.07, 6.45) is 1.67. The molecule has 0 unspecified atom stereocenters. The van der Waals surface area contributed by atoms with E-state index in [2.05, 4.69) is 4.99 Å². The Kier molecular flexibility index (Phi) is 3.82. The second-order valence-corrected chi connectivity index (χ2v) is 5.61. The maximum atomic E-state index is 11.5. The molecule has 2 heterocycles. The molecule has 25 heavy (non-hydrogen) atoms. The number of hydrogen-bond donors (Lipinski definition) is 0. The average molecular weight is 333 g/mol. The van der Waals surface area contributed by atoms with Gasteiger partial charge in [0.1, 0.15) is 23.9 Å². The number of rotatable bonds is 4. The van der Waals surface area contributed by atoms with E-state index >= 15 is 0 Å². The molecule has 0 saturated heterocycles. The molecule has 0 atom stereocenters. The van der Waals surface area contributed by atoms with E-state index in [1.165, 1.54) is 0 Å². The van der Waals surface area contributed by atoms with Crippen LogP contribution >= 0.6 is 0 Å². The fourth-order valence-electron chi connectivity index (χ4n) is 2.67. The molecule has 1 aliphatic rings. The van der Waals surface area contributed by atoms with Crippen LogP contribution in [0.4, 0.5) is 5.69 Å². The Morgan fingerprint density at radius 3 is 2.72 bits per heavy atom. The number of ether oxygens (including phenoxy) is 2. The van der Waals surface area contributed by atoms with Crippen molar-refractivity contribution in [3.63, 3.8) is 0 Å². The lowest BCUT2D eigenvalue weighted by Gasteiger charge is -1.99. The molecular weight excluding hydrogens is 318 g/mol. The lowest BCUT2D eigenvalue weighted by atomic mass is 10.0. The molecule has 0 amide bonds. The first kappa shape index (κ1) is 15.2. The number of nitrogens with zero attached hydrogens (tertiary/aromatic N) is 1. The zero-order valence-electron chi connectivity index (χ0n) is 13.6. The highest BCUT2D eigenvalue weighted by atomic mass is 16.5. The van der Waals surface area contributed by atoms with Crippen LogP contribution in [0.2, 0.25) is 0 Å². The lowest BCUT2D eigenvalue weighted by Crippen LogP contribution is -1.92. The van der Waals surface area contributed by atoms with E-state index in [4.69, 9.17) is 13.9 Å². The third-order valence-electron chi connectivity index (χ3n) is 4.01. The van der Waals surface area contributed by atoms with Gasteiger partial charge in [-0.15, -0.1) is 0 Å². The fourth-order valence-corrected chi connectivity index (χ4v) is 2.67. The van der Waals surface area contributed by atoms with Gasteiger partial charge in [-0.1, -0.05) is 6.07 Å². The summed E-state index contributed by atoms with van der Waals surface area (Å²) in [5.41, 5.74) is 3.22. The molecule has 4 rings (SSSR count). The first-order valence-electron chi connectivity index (χ1n) is 7.81. The van der Waals surface area contributed by atoms with E-state index in [9.17, 15) is 4.79 Å². The first-order valence-corrected chi connectivity index (χ1v) is 7.81. The molecule has 2 aromatic carbocycles. The van der Waals surface area contributed by atoms with Gasteiger partial charge in [0.05, 0.1) is 24.6 Å². The van der Waals surface area contributed by atoms with Gasteiger partial charge in [0.15, 0.2) is 0 Å². The van der Waals surface area contributed by atoms with Crippen LogP contribution in [0.25, 0.3) is 11.3 Å². The van der Waals surface area contributed by atoms with Crippen molar-refractivity contribution in [2.45, 2.75) is 6.61 Å². The van der Waals surface area contributed by atoms with E-state index in [1.54, 1.807) is 19.4 Å². The molecule has 0 saturated carbocycles. The van der Waals surface area contributed by atoms with Crippen molar-refractivity contribution in [1.29, 1.82) is 0 Å². The monoisotopic (exact) mass is 333 g/mol. The van der Waals surface area contributed by atoms with E-state index < -0.39 is 0 Å². The van der Waals surface area contributed by atoms with Crippen molar-refractivity contribution in [2.75, 3.05) is 7.11 Å². The van der Waals surface area contributed by atoms with Gasteiger partial charge in [-0.25, -0.2) is 4.79 Å². The third-order valence-corrected chi connectivity index (χ3v) is 4.01. The van der Waals surface area contributed by atoms with Crippen LogP contribution in [-0.2, 0) is 11.3 Å². The maximum absolute atomic E-state index is 11.5. The second kappa shape index (κ2) is 6.28. The van der Waals surface area contributed by atoms with Gasteiger partial charge in [0.2, 0.25) is 0 Å². The summed E-state index contributed by atoms with van der Waals surface area (Å²) in [5, 5.41) is 0. The Morgan fingerprint density at radius 2 is 1.92 bits per heavy atom. The Hall–Kier alpha value is -3.34. The summed E-state index contributed by atoms with van der Waals surface area (Å²) < 4.78 is 16.0. The summed E-state index contributed by atoms with van der Waals surface area (Å²) in [7, 11) is 1.63. The van der Waals surface area contributed by atoms with Gasteiger partial charge >= 0.3 is 5.97 Å². The van der Waals surface area contributed by atoms with E-state index in [0.29, 0.717) is 17.9 Å². The number of hydrogen-bond acceptors (Lipinski definition) is 5. The van der Waals surface area contributed by atoms with E-state index in [1.807, 2.05) is 48.5 Å².